The number of sulfonamides is 1. The minimum atomic E-state index is -3.79. The number of nitrogens with zero attached hydrogens (tertiary/aromatic N) is 2. The normalized spacial score (nSPS) is 19.7. The first-order chi connectivity index (χ1) is 9.73. The van der Waals surface area contributed by atoms with E-state index in [1.165, 1.54) is 27.4 Å². The molecule has 1 saturated heterocycles. The Morgan fingerprint density at radius 3 is 2.33 bits per heavy atom. The molecule has 8 heteroatoms. The van der Waals surface area contributed by atoms with E-state index in [1.807, 2.05) is 0 Å². The van der Waals surface area contributed by atoms with Gasteiger partial charge in [-0.3, -0.25) is 4.79 Å². The zero-order valence-corrected chi connectivity index (χ0v) is 14.0. The predicted molar refractivity (Wildman–Crippen MR) is 82.1 cm³/mol. The van der Waals surface area contributed by atoms with Crippen LogP contribution in [-0.2, 0) is 14.8 Å². The summed E-state index contributed by atoms with van der Waals surface area (Å²) in [4.78, 5) is 13.6. The zero-order valence-electron chi connectivity index (χ0n) is 11.7. The summed E-state index contributed by atoms with van der Waals surface area (Å²) in [5.41, 5.74) is 0. The number of carbonyl (C=O) groups excluding carboxylic acids is 1. The van der Waals surface area contributed by atoms with Crippen LogP contribution in [0.2, 0.25) is 10.0 Å². The van der Waals surface area contributed by atoms with Gasteiger partial charge in [0.1, 0.15) is 6.04 Å². The molecular weight excluding hydrogens is 335 g/mol. The molecule has 0 saturated carbocycles. The van der Waals surface area contributed by atoms with Crippen LogP contribution in [0, 0.1) is 0 Å². The van der Waals surface area contributed by atoms with E-state index < -0.39 is 16.1 Å². The minimum absolute atomic E-state index is 0.0125. The number of halogens is 2. The molecule has 0 bridgehead atoms. The summed E-state index contributed by atoms with van der Waals surface area (Å²) < 4.78 is 26.7. The van der Waals surface area contributed by atoms with Crippen molar-refractivity contribution in [2.24, 2.45) is 0 Å². The molecule has 0 spiro atoms. The Bertz CT molecular complexity index is 641. The van der Waals surface area contributed by atoms with Gasteiger partial charge in [-0.1, -0.05) is 23.2 Å². The highest BCUT2D eigenvalue weighted by molar-refractivity contribution is 7.89. The molecule has 1 atom stereocenters. The van der Waals surface area contributed by atoms with Gasteiger partial charge in [-0.2, -0.15) is 4.31 Å². The third-order valence-corrected chi connectivity index (χ3v) is 5.69. The molecule has 2 rings (SSSR count). The van der Waals surface area contributed by atoms with Gasteiger partial charge in [-0.05, 0) is 31.0 Å². The standard InChI is InChI=1S/C13H16Cl2N2O3S/c1-16(2)13(18)12-4-3-5-17(12)21(19,20)11-7-9(14)6-10(15)8-11/h6-8,12H,3-5H2,1-2H3. The van der Waals surface area contributed by atoms with Gasteiger partial charge in [0.05, 0.1) is 4.90 Å². The zero-order chi connectivity index (χ0) is 15.8. The molecular formula is C13H16Cl2N2O3S. The van der Waals surface area contributed by atoms with E-state index in [4.69, 9.17) is 23.2 Å². The highest BCUT2D eigenvalue weighted by Gasteiger charge is 2.40. The molecule has 5 nitrogen and oxygen atoms in total. The second-order valence-electron chi connectivity index (χ2n) is 5.11. The van der Waals surface area contributed by atoms with Crippen LogP contribution in [0.25, 0.3) is 0 Å². The van der Waals surface area contributed by atoms with E-state index in [1.54, 1.807) is 14.1 Å². The van der Waals surface area contributed by atoms with E-state index >= 15 is 0 Å². The molecule has 1 aliphatic rings. The summed E-state index contributed by atoms with van der Waals surface area (Å²) in [5, 5.41) is 0.492. The number of benzene rings is 1. The van der Waals surface area contributed by atoms with Crippen molar-refractivity contribution >= 4 is 39.1 Å². The van der Waals surface area contributed by atoms with Gasteiger partial charge in [0, 0.05) is 30.7 Å². The Labute approximate surface area is 134 Å². The smallest absolute Gasteiger partial charge is 0.243 e. The van der Waals surface area contributed by atoms with Gasteiger partial charge in [0.2, 0.25) is 15.9 Å². The first kappa shape index (κ1) is 16.5. The number of hydrogen-bond acceptors (Lipinski definition) is 3. The maximum atomic E-state index is 12.7. The molecule has 1 aromatic carbocycles. The van der Waals surface area contributed by atoms with Gasteiger partial charge in [-0.15, -0.1) is 0 Å². The van der Waals surface area contributed by atoms with Crippen LogP contribution >= 0.6 is 23.2 Å². The second-order valence-corrected chi connectivity index (χ2v) is 7.88. The Morgan fingerprint density at radius 1 is 1.24 bits per heavy atom. The summed E-state index contributed by atoms with van der Waals surface area (Å²) in [7, 11) is -0.569. The lowest BCUT2D eigenvalue weighted by Gasteiger charge is -2.25. The van der Waals surface area contributed by atoms with Crippen LogP contribution in [0.4, 0.5) is 0 Å². The molecule has 0 radical (unpaired) electrons. The fraction of sp³-hybridized carbons (Fsp3) is 0.462. The van der Waals surface area contributed by atoms with E-state index in [0.29, 0.717) is 19.4 Å². The monoisotopic (exact) mass is 350 g/mol. The quantitative estimate of drug-likeness (QED) is 0.839. The van der Waals surface area contributed by atoms with Crippen LogP contribution < -0.4 is 0 Å². The third-order valence-electron chi connectivity index (χ3n) is 3.37. The largest absolute Gasteiger partial charge is 0.347 e. The number of hydrogen-bond donors (Lipinski definition) is 0. The number of carbonyl (C=O) groups is 1. The summed E-state index contributed by atoms with van der Waals surface area (Å²) in [5.74, 6) is -0.218. The van der Waals surface area contributed by atoms with Crippen molar-refractivity contribution in [3.05, 3.63) is 28.2 Å². The number of rotatable bonds is 3. The molecule has 1 amide bonds. The van der Waals surface area contributed by atoms with Crippen molar-refractivity contribution in [2.75, 3.05) is 20.6 Å². The maximum Gasteiger partial charge on any atom is 0.243 e. The van der Waals surface area contributed by atoms with Gasteiger partial charge in [0.25, 0.3) is 0 Å². The maximum absolute atomic E-state index is 12.7. The van der Waals surface area contributed by atoms with E-state index in [-0.39, 0.29) is 20.8 Å². The molecule has 116 valence electrons. The average Bonchev–Trinajstić information content (AvgIpc) is 2.86. The fourth-order valence-corrected chi connectivity index (χ4v) is 4.76. The summed E-state index contributed by atoms with van der Waals surface area (Å²) in [6, 6.07) is 3.49. The molecule has 1 aromatic rings. The molecule has 21 heavy (non-hydrogen) atoms. The van der Waals surface area contributed by atoms with Gasteiger partial charge >= 0.3 is 0 Å². The first-order valence-electron chi connectivity index (χ1n) is 6.42. The first-order valence-corrected chi connectivity index (χ1v) is 8.62. The van der Waals surface area contributed by atoms with Crippen molar-refractivity contribution in [1.29, 1.82) is 0 Å². The average molecular weight is 351 g/mol. The van der Waals surface area contributed by atoms with Crippen LogP contribution in [-0.4, -0.2) is 50.2 Å². The molecule has 0 aliphatic carbocycles. The Balaban J connectivity index is 2.40. The molecule has 0 aromatic heterocycles. The Morgan fingerprint density at radius 2 is 1.81 bits per heavy atom. The van der Waals surface area contributed by atoms with Crippen LogP contribution in [0.5, 0.6) is 0 Å². The lowest BCUT2D eigenvalue weighted by molar-refractivity contribution is -0.132. The second kappa shape index (κ2) is 6.12. The Hall–Kier alpha value is -0.820. The van der Waals surface area contributed by atoms with Gasteiger partial charge < -0.3 is 4.90 Å². The molecule has 1 fully saturated rings. The molecule has 0 N–H and O–H groups in total. The highest BCUT2D eigenvalue weighted by atomic mass is 35.5. The highest BCUT2D eigenvalue weighted by Crippen LogP contribution is 2.30. The topological polar surface area (TPSA) is 57.7 Å². The van der Waals surface area contributed by atoms with E-state index in [0.717, 1.165) is 0 Å². The van der Waals surface area contributed by atoms with Crippen molar-refractivity contribution < 1.29 is 13.2 Å². The molecule has 1 heterocycles. The van der Waals surface area contributed by atoms with E-state index in [9.17, 15) is 13.2 Å². The van der Waals surface area contributed by atoms with Crippen LogP contribution in [0.15, 0.2) is 23.1 Å². The van der Waals surface area contributed by atoms with Crippen molar-refractivity contribution in [3.8, 4) is 0 Å². The molecule has 1 unspecified atom stereocenters. The van der Waals surface area contributed by atoms with Crippen molar-refractivity contribution in [3.63, 3.8) is 0 Å². The van der Waals surface area contributed by atoms with Crippen molar-refractivity contribution in [1.82, 2.24) is 9.21 Å². The van der Waals surface area contributed by atoms with Crippen LogP contribution in [0.3, 0.4) is 0 Å². The lowest BCUT2D eigenvalue weighted by atomic mass is 10.2. The third kappa shape index (κ3) is 3.34. The summed E-state index contributed by atoms with van der Waals surface area (Å²) >= 11 is 11.7. The SMILES string of the molecule is CN(C)C(=O)C1CCCN1S(=O)(=O)c1cc(Cl)cc(Cl)c1. The van der Waals surface area contributed by atoms with E-state index in [2.05, 4.69) is 0 Å². The number of likely N-dealkylation sites (N-methyl/N-ethyl adjacent to an activating group) is 1. The molecule has 1 aliphatic heterocycles. The van der Waals surface area contributed by atoms with Crippen molar-refractivity contribution in [2.45, 2.75) is 23.8 Å². The predicted octanol–water partition coefficient (Wildman–Crippen LogP) is 2.23. The lowest BCUT2D eigenvalue weighted by Crippen LogP contribution is -2.45. The van der Waals surface area contributed by atoms with Gasteiger partial charge in [-0.25, -0.2) is 8.42 Å². The number of amides is 1. The Kier molecular flexibility index (Phi) is 4.82. The summed E-state index contributed by atoms with van der Waals surface area (Å²) in [6.45, 7) is 0.316. The van der Waals surface area contributed by atoms with Crippen LogP contribution in [0.1, 0.15) is 12.8 Å². The fourth-order valence-electron chi connectivity index (χ4n) is 2.39. The van der Waals surface area contributed by atoms with Gasteiger partial charge in [0.15, 0.2) is 0 Å². The summed E-state index contributed by atoms with van der Waals surface area (Å²) in [6.07, 6.45) is 1.17. The minimum Gasteiger partial charge on any atom is -0.347 e.